The molecule has 5 nitrogen and oxygen atoms in total. The quantitative estimate of drug-likeness (QED) is 0.178. The first-order valence-electron chi connectivity index (χ1n) is 10.6. The molecule has 1 N–H and O–H groups in total. The second-order valence-corrected chi connectivity index (χ2v) is 9.41. The smallest absolute Gasteiger partial charge is 0.266 e. The van der Waals surface area contributed by atoms with E-state index in [1.165, 1.54) is 11.5 Å². The van der Waals surface area contributed by atoms with Crippen LogP contribution in [-0.4, -0.2) is 13.0 Å². The molecule has 0 saturated carbocycles. The van der Waals surface area contributed by atoms with E-state index >= 15 is 0 Å². The van der Waals surface area contributed by atoms with Crippen molar-refractivity contribution in [2.75, 3.05) is 12.4 Å². The summed E-state index contributed by atoms with van der Waals surface area (Å²) in [6.45, 7) is 0.355. The van der Waals surface area contributed by atoms with Crippen LogP contribution in [0.25, 0.3) is 16.8 Å². The molecule has 35 heavy (non-hydrogen) atoms. The number of amides is 1. The molecule has 0 heterocycles. The SMILES string of the molecule is COc1cc(/C=C(/C#N)C(=O)Nc2ccc(Br)cc2)cc(Br)c1OCc1ccc2ccccc2c1. The van der Waals surface area contributed by atoms with E-state index in [1.54, 1.807) is 31.4 Å². The summed E-state index contributed by atoms with van der Waals surface area (Å²) >= 11 is 6.89. The second kappa shape index (κ2) is 11.2. The molecule has 0 aliphatic heterocycles. The van der Waals surface area contributed by atoms with E-state index in [2.05, 4.69) is 61.4 Å². The highest BCUT2D eigenvalue weighted by molar-refractivity contribution is 9.10. The predicted molar refractivity (Wildman–Crippen MR) is 145 cm³/mol. The highest BCUT2D eigenvalue weighted by Crippen LogP contribution is 2.38. The highest BCUT2D eigenvalue weighted by Gasteiger charge is 2.14. The van der Waals surface area contributed by atoms with Crippen molar-refractivity contribution < 1.29 is 14.3 Å². The number of benzene rings is 4. The minimum absolute atomic E-state index is 0.0355. The lowest BCUT2D eigenvalue weighted by Gasteiger charge is -2.14. The molecule has 0 aliphatic carbocycles. The Hall–Kier alpha value is -3.60. The van der Waals surface area contributed by atoms with Gasteiger partial charge in [0.1, 0.15) is 18.2 Å². The number of nitriles is 1. The van der Waals surface area contributed by atoms with Crippen LogP contribution in [0.2, 0.25) is 0 Å². The van der Waals surface area contributed by atoms with Crippen molar-refractivity contribution in [1.29, 1.82) is 5.26 Å². The van der Waals surface area contributed by atoms with Crippen molar-refractivity contribution in [2.24, 2.45) is 0 Å². The van der Waals surface area contributed by atoms with Crippen molar-refractivity contribution in [2.45, 2.75) is 6.61 Å². The van der Waals surface area contributed by atoms with Crippen LogP contribution in [0.4, 0.5) is 5.69 Å². The zero-order chi connectivity index (χ0) is 24.8. The number of carbonyl (C=O) groups excluding carboxylic acids is 1. The number of fused-ring (bicyclic) bond motifs is 1. The van der Waals surface area contributed by atoms with Gasteiger partial charge in [-0.15, -0.1) is 0 Å². The summed E-state index contributed by atoms with van der Waals surface area (Å²) in [6.07, 6.45) is 1.51. The first kappa shape index (κ1) is 24.5. The van der Waals surface area contributed by atoms with E-state index < -0.39 is 5.91 Å². The van der Waals surface area contributed by atoms with Gasteiger partial charge < -0.3 is 14.8 Å². The number of halogens is 2. The Morgan fingerprint density at radius 1 is 1.00 bits per heavy atom. The lowest BCUT2D eigenvalue weighted by atomic mass is 10.1. The average molecular weight is 592 g/mol. The van der Waals surface area contributed by atoms with E-state index in [0.717, 1.165) is 15.4 Å². The number of rotatable bonds is 7. The number of carbonyl (C=O) groups is 1. The molecule has 0 spiro atoms. The predicted octanol–water partition coefficient (Wildman–Crippen LogP) is 7.50. The molecule has 0 aromatic heterocycles. The van der Waals surface area contributed by atoms with Gasteiger partial charge in [-0.25, -0.2) is 0 Å². The van der Waals surface area contributed by atoms with Gasteiger partial charge in [-0.1, -0.05) is 52.3 Å². The Morgan fingerprint density at radius 2 is 1.74 bits per heavy atom. The first-order valence-corrected chi connectivity index (χ1v) is 12.2. The van der Waals surface area contributed by atoms with Gasteiger partial charge in [0.25, 0.3) is 5.91 Å². The molecule has 174 valence electrons. The lowest BCUT2D eigenvalue weighted by Crippen LogP contribution is -2.13. The summed E-state index contributed by atoms with van der Waals surface area (Å²) < 4.78 is 13.2. The molecule has 0 radical (unpaired) electrons. The second-order valence-electron chi connectivity index (χ2n) is 7.64. The fraction of sp³-hybridized carbons (Fsp3) is 0.0714. The average Bonchev–Trinajstić information content (AvgIpc) is 2.87. The molecule has 0 bridgehead atoms. The fourth-order valence-corrected chi connectivity index (χ4v) is 4.33. The minimum Gasteiger partial charge on any atom is -0.493 e. The van der Waals surface area contributed by atoms with Gasteiger partial charge in [0.05, 0.1) is 11.6 Å². The first-order chi connectivity index (χ1) is 17.0. The van der Waals surface area contributed by atoms with E-state index in [4.69, 9.17) is 9.47 Å². The van der Waals surface area contributed by atoms with E-state index in [-0.39, 0.29) is 5.57 Å². The standard InChI is InChI=1S/C28H20Br2N2O3/c1-34-26-15-19(13-22(16-31)28(33)32-24-10-8-23(29)9-11-24)14-25(30)27(26)35-17-18-6-7-20-4-2-3-5-21(20)12-18/h2-15H,17H2,1H3,(H,32,33)/b22-13-. The molecule has 1 amide bonds. The zero-order valence-electron chi connectivity index (χ0n) is 18.7. The van der Waals surface area contributed by atoms with Gasteiger partial charge in [0.2, 0.25) is 0 Å². The molecule has 7 heteroatoms. The minimum atomic E-state index is -0.499. The maximum Gasteiger partial charge on any atom is 0.266 e. The normalized spacial score (nSPS) is 11.1. The van der Waals surface area contributed by atoms with Gasteiger partial charge in [-0.3, -0.25) is 4.79 Å². The number of hydrogen-bond donors (Lipinski definition) is 1. The number of nitrogens with one attached hydrogen (secondary N) is 1. The third-order valence-corrected chi connectivity index (χ3v) is 6.34. The molecule has 0 saturated heterocycles. The van der Waals surface area contributed by atoms with Gasteiger partial charge in [-0.2, -0.15) is 5.26 Å². The van der Waals surface area contributed by atoms with Crippen molar-refractivity contribution in [3.8, 4) is 17.6 Å². The van der Waals surface area contributed by atoms with Crippen LogP contribution in [0.3, 0.4) is 0 Å². The maximum absolute atomic E-state index is 12.6. The number of methoxy groups -OCH3 is 1. The summed E-state index contributed by atoms with van der Waals surface area (Å²) in [6, 6.07) is 26.9. The van der Waals surface area contributed by atoms with Crippen LogP contribution in [0.1, 0.15) is 11.1 Å². The van der Waals surface area contributed by atoms with Crippen LogP contribution >= 0.6 is 31.9 Å². The summed E-state index contributed by atoms with van der Waals surface area (Å²) in [4.78, 5) is 12.6. The fourth-order valence-electron chi connectivity index (χ4n) is 3.49. The van der Waals surface area contributed by atoms with Gasteiger partial charge in [0.15, 0.2) is 11.5 Å². The Labute approximate surface area is 220 Å². The molecule has 4 aromatic carbocycles. The van der Waals surface area contributed by atoms with Crippen molar-refractivity contribution in [3.05, 3.63) is 105 Å². The largest absolute Gasteiger partial charge is 0.493 e. The van der Waals surface area contributed by atoms with Crippen LogP contribution in [0.5, 0.6) is 11.5 Å². The third-order valence-electron chi connectivity index (χ3n) is 5.23. The Balaban J connectivity index is 1.53. The van der Waals surface area contributed by atoms with Crippen molar-refractivity contribution >= 4 is 60.3 Å². The van der Waals surface area contributed by atoms with Crippen LogP contribution < -0.4 is 14.8 Å². The number of nitrogens with zero attached hydrogens (tertiary/aromatic N) is 1. The Bertz CT molecular complexity index is 1460. The molecule has 0 fully saturated rings. The zero-order valence-corrected chi connectivity index (χ0v) is 21.9. The van der Waals surface area contributed by atoms with Crippen molar-refractivity contribution in [1.82, 2.24) is 0 Å². The van der Waals surface area contributed by atoms with Crippen LogP contribution in [0, 0.1) is 11.3 Å². The molecule has 4 aromatic rings. The van der Waals surface area contributed by atoms with Crippen molar-refractivity contribution in [3.63, 3.8) is 0 Å². The molecular formula is C28H20Br2N2O3. The van der Waals surface area contributed by atoms with E-state index in [1.807, 2.05) is 36.4 Å². The van der Waals surface area contributed by atoms with Gasteiger partial charge >= 0.3 is 0 Å². The summed E-state index contributed by atoms with van der Waals surface area (Å²) in [5.74, 6) is 0.522. The summed E-state index contributed by atoms with van der Waals surface area (Å²) in [5, 5.41) is 14.6. The molecule has 0 unspecified atom stereocenters. The Kier molecular flexibility index (Phi) is 7.86. The highest BCUT2D eigenvalue weighted by atomic mass is 79.9. The number of ether oxygens (including phenoxy) is 2. The number of anilines is 1. The van der Waals surface area contributed by atoms with E-state index in [9.17, 15) is 10.1 Å². The Morgan fingerprint density at radius 3 is 2.46 bits per heavy atom. The summed E-state index contributed by atoms with van der Waals surface area (Å²) in [7, 11) is 1.55. The molecule has 0 aliphatic rings. The van der Waals surface area contributed by atoms with Crippen LogP contribution in [-0.2, 0) is 11.4 Å². The molecular weight excluding hydrogens is 572 g/mol. The lowest BCUT2D eigenvalue weighted by molar-refractivity contribution is -0.112. The van der Waals surface area contributed by atoms with E-state index in [0.29, 0.717) is 33.8 Å². The third kappa shape index (κ3) is 6.10. The number of hydrogen-bond acceptors (Lipinski definition) is 4. The van der Waals surface area contributed by atoms with Gasteiger partial charge in [-0.05, 0) is 86.4 Å². The topological polar surface area (TPSA) is 71.3 Å². The van der Waals surface area contributed by atoms with Gasteiger partial charge in [0, 0.05) is 10.2 Å². The summed E-state index contributed by atoms with van der Waals surface area (Å²) in [5.41, 5.74) is 2.20. The molecule has 0 atom stereocenters. The monoisotopic (exact) mass is 590 g/mol. The maximum atomic E-state index is 12.6. The molecule has 4 rings (SSSR count). The van der Waals surface area contributed by atoms with Crippen LogP contribution in [0.15, 0.2) is 93.4 Å².